The molecule has 0 saturated carbocycles. The molecule has 0 bridgehead atoms. The van der Waals surface area contributed by atoms with Gasteiger partial charge < -0.3 is 10.3 Å². The Morgan fingerprint density at radius 2 is 1.88 bits per heavy atom. The van der Waals surface area contributed by atoms with Crippen molar-refractivity contribution in [1.82, 2.24) is 4.98 Å². The maximum Gasteiger partial charge on any atom is 0.418 e. The van der Waals surface area contributed by atoms with Gasteiger partial charge in [0.25, 0.3) is 5.91 Å². The van der Waals surface area contributed by atoms with Crippen molar-refractivity contribution in [3.63, 3.8) is 0 Å². The van der Waals surface area contributed by atoms with E-state index in [1.165, 1.54) is 24.4 Å². The Morgan fingerprint density at radius 1 is 1.12 bits per heavy atom. The molecule has 2 aromatic carbocycles. The maximum atomic E-state index is 13.2. The van der Waals surface area contributed by atoms with E-state index in [9.17, 15) is 22.4 Å². The summed E-state index contributed by atoms with van der Waals surface area (Å²) in [6, 6.07) is 6.80. The molecule has 24 heavy (non-hydrogen) atoms. The molecule has 3 aromatic rings. The number of nitrogens with one attached hydrogen (secondary N) is 2. The third-order valence-corrected chi connectivity index (χ3v) is 3.66. The van der Waals surface area contributed by atoms with Gasteiger partial charge in [-0.3, -0.25) is 4.79 Å². The van der Waals surface area contributed by atoms with Gasteiger partial charge in [-0.1, -0.05) is 11.6 Å². The topological polar surface area (TPSA) is 44.9 Å². The molecular weight excluding hydrogens is 348 g/mol. The van der Waals surface area contributed by atoms with Crippen LogP contribution in [0, 0.1) is 5.82 Å². The minimum absolute atomic E-state index is 0.0945. The number of carbonyl (C=O) groups is 1. The highest BCUT2D eigenvalue weighted by molar-refractivity contribution is 6.30. The predicted octanol–water partition coefficient (Wildman–Crippen LogP) is 5.23. The molecule has 0 radical (unpaired) electrons. The molecule has 8 heteroatoms. The molecule has 0 aliphatic carbocycles. The first-order valence-corrected chi connectivity index (χ1v) is 7.08. The standard InChI is InChI=1S/C16H9ClF4N2O/c17-8-1-4-13(12(5-8)16(19,20)21)23-15(24)11-7-22-14-6-9(18)2-3-10(11)14/h1-7,22H,(H,23,24). The SMILES string of the molecule is O=C(Nc1ccc(Cl)cc1C(F)(F)F)c1c[nH]c2cc(F)ccc12. The molecule has 0 fully saturated rings. The van der Waals surface area contributed by atoms with Gasteiger partial charge in [0.1, 0.15) is 5.82 Å². The quantitative estimate of drug-likeness (QED) is 0.607. The second kappa shape index (κ2) is 5.83. The number of amides is 1. The zero-order valence-corrected chi connectivity index (χ0v) is 12.6. The Labute approximate surface area is 138 Å². The Balaban J connectivity index is 1.98. The summed E-state index contributed by atoms with van der Waals surface area (Å²) in [6.45, 7) is 0. The van der Waals surface area contributed by atoms with Crippen LogP contribution in [0.1, 0.15) is 15.9 Å². The van der Waals surface area contributed by atoms with Crippen molar-refractivity contribution in [1.29, 1.82) is 0 Å². The Morgan fingerprint density at radius 3 is 2.58 bits per heavy atom. The Kier molecular flexibility index (Phi) is 3.96. The summed E-state index contributed by atoms with van der Waals surface area (Å²) in [7, 11) is 0. The zero-order valence-electron chi connectivity index (χ0n) is 11.8. The van der Waals surface area contributed by atoms with Gasteiger partial charge in [-0.25, -0.2) is 4.39 Å². The first-order valence-electron chi connectivity index (χ1n) is 6.70. The number of hydrogen-bond acceptors (Lipinski definition) is 1. The van der Waals surface area contributed by atoms with E-state index in [1.807, 2.05) is 0 Å². The summed E-state index contributed by atoms with van der Waals surface area (Å²) in [6.07, 6.45) is -3.36. The first kappa shape index (κ1) is 16.3. The van der Waals surface area contributed by atoms with Crippen LogP contribution in [-0.2, 0) is 6.18 Å². The molecule has 2 N–H and O–H groups in total. The molecular formula is C16H9ClF4N2O. The van der Waals surface area contributed by atoms with Gasteiger partial charge in [-0.05, 0) is 36.4 Å². The van der Waals surface area contributed by atoms with Crippen molar-refractivity contribution in [2.45, 2.75) is 6.18 Å². The van der Waals surface area contributed by atoms with Crippen LogP contribution in [0.15, 0.2) is 42.6 Å². The van der Waals surface area contributed by atoms with Gasteiger partial charge >= 0.3 is 6.18 Å². The number of fused-ring (bicyclic) bond motifs is 1. The summed E-state index contributed by atoms with van der Waals surface area (Å²) in [5, 5.41) is 2.53. The minimum atomic E-state index is -4.67. The van der Waals surface area contributed by atoms with Crippen LogP contribution in [-0.4, -0.2) is 10.9 Å². The smallest absolute Gasteiger partial charge is 0.360 e. The normalized spacial score (nSPS) is 11.7. The first-order chi connectivity index (χ1) is 11.3. The lowest BCUT2D eigenvalue weighted by molar-refractivity contribution is -0.136. The molecule has 0 atom stereocenters. The highest BCUT2D eigenvalue weighted by Gasteiger charge is 2.34. The van der Waals surface area contributed by atoms with Crippen molar-refractivity contribution < 1.29 is 22.4 Å². The average Bonchev–Trinajstić information content (AvgIpc) is 2.91. The number of H-pyrrole nitrogens is 1. The number of hydrogen-bond donors (Lipinski definition) is 2. The van der Waals surface area contributed by atoms with E-state index < -0.39 is 29.2 Å². The van der Waals surface area contributed by atoms with Crippen LogP contribution in [0.4, 0.5) is 23.2 Å². The number of benzene rings is 2. The second-order valence-electron chi connectivity index (χ2n) is 5.03. The largest absolute Gasteiger partial charge is 0.418 e. The molecule has 1 heterocycles. The number of carbonyl (C=O) groups excluding carboxylic acids is 1. The van der Waals surface area contributed by atoms with Gasteiger partial charge in [-0.15, -0.1) is 0 Å². The van der Waals surface area contributed by atoms with Crippen molar-refractivity contribution in [3.8, 4) is 0 Å². The lowest BCUT2D eigenvalue weighted by Gasteiger charge is -2.14. The fourth-order valence-corrected chi connectivity index (χ4v) is 2.51. The van der Waals surface area contributed by atoms with E-state index in [-0.39, 0.29) is 10.6 Å². The lowest BCUT2D eigenvalue weighted by atomic mass is 10.1. The molecule has 3 nitrogen and oxygen atoms in total. The van der Waals surface area contributed by atoms with E-state index in [1.54, 1.807) is 0 Å². The van der Waals surface area contributed by atoms with Crippen molar-refractivity contribution >= 4 is 34.1 Å². The Hall–Kier alpha value is -2.54. The molecule has 1 aromatic heterocycles. The molecule has 3 rings (SSSR count). The van der Waals surface area contributed by atoms with Crippen LogP contribution < -0.4 is 5.32 Å². The van der Waals surface area contributed by atoms with Gasteiger partial charge in [-0.2, -0.15) is 13.2 Å². The minimum Gasteiger partial charge on any atom is -0.360 e. The van der Waals surface area contributed by atoms with Crippen molar-refractivity contribution in [2.75, 3.05) is 5.32 Å². The van der Waals surface area contributed by atoms with Gasteiger partial charge in [0.05, 0.1) is 16.8 Å². The van der Waals surface area contributed by atoms with Crippen molar-refractivity contribution in [2.24, 2.45) is 0 Å². The van der Waals surface area contributed by atoms with Crippen LogP contribution in [0.25, 0.3) is 10.9 Å². The van der Waals surface area contributed by atoms with Gasteiger partial charge in [0.15, 0.2) is 0 Å². The highest BCUT2D eigenvalue weighted by atomic mass is 35.5. The monoisotopic (exact) mass is 356 g/mol. The summed E-state index contributed by atoms with van der Waals surface area (Å²) in [4.78, 5) is 15.0. The van der Waals surface area contributed by atoms with Crippen LogP contribution in [0.3, 0.4) is 0 Å². The third-order valence-electron chi connectivity index (χ3n) is 3.42. The molecule has 0 aliphatic heterocycles. The number of halogens is 5. The van der Waals surface area contributed by atoms with E-state index in [4.69, 9.17) is 11.6 Å². The van der Waals surface area contributed by atoms with Crippen LogP contribution >= 0.6 is 11.6 Å². The second-order valence-corrected chi connectivity index (χ2v) is 5.47. The number of rotatable bonds is 2. The molecule has 0 spiro atoms. The van der Waals surface area contributed by atoms with E-state index in [0.717, 1.165) is 18.2 Å². The molecule has 0 unspecified atom stereocenters. The van der Waals surface area contributed by atoms with Gasteiger partial charge in [0, 0.05) is 22.1 Å². The summed E-state index contributed by atoms with van der Waals surface area (Å²) in [5.74, 6) is -1.24. The van der Waals surface area contributed by atoms with Crippen LogP contribution in [0.2, 0.25) is 5.02 Å². The lowest BCUT2D eigenvalue weighted by Crippen LogP contribution is -2.16. The molecule has 0 aliphatic rings. The highest BCUT2D eigenvalue weighted by Crippen LogP contribution is 2.36. The fraction of sp³-hybridized carbons (Fsp3) is 0.0625. The van der Waals surface area contributed by atoms with E-state index in [0.29, 0.717) is 10.9 Å². The number of alkyl halides is 3. The zero-order chi connectivity index (χ0) is 17.5. The van der Waals surface area contributed by atoms with E-state index >= 15 is 0 Å². The van der Waals surface area contributed by atoms with Gasteiger partial charge in [0.2, 0.25) is 0 Å². The number of aromatic nitrogens is 1. The summed E-state index contributed by atoms with van der Waals surface area (Å²) in [5.41, 5.74) is -0.983. The maximum absolute atomic E-state index is 13.2. The third kappa shape index (κ3) is 3.07. The number of aromatic amines is 1. The molecule has 0 saturated heterocycles. The predicted molar refractivity (Wildman–Crippen MR) is 82.7 cm³/mol. The fourth-order valence-electron chi connectivity index (χ4n) is 2.34. The Bertz CT molecular complexity index is 933. The summed E-state index contributed by atoms with van der Waals surface area (Å²) >= 11 is 5.60. The van der Waals surface area contributed by atoms with Crippen LogP contribution in [0.5, 0.6) is 0 Å². The molecule has 124 valence electrons. The molecule has 1 amide bonds. The summed E-state index contributed by atoms with van der Waals surface area (Å²) < 4.78 is 52.3. The van der Waals surface area contributed by atoms with Crippen molar-refractivity contribution in [3.05, 3.63) is 64.6 Å². The average molecular weight is 357 g/mol. The number of anilines is 1. The van der Waals surface area contributed by atoms with E-state index in [2.05, 4.69) is 10.3 Å².